The number of hydrogen-bond donors (Lipinski definition) is 2. The first-order chi connectivity index (χ1) is 7.88. The molecular weight excluding hydrogens is 232 g/mol. The van der Waals surface area contributed by atoms with Crippen LogP contribution in [-0.4, -0.2) is 16.9 Å². The first-order valence-corrected chi connectivity index (χ1v) is 6.90. The topological polar surface area (TPSA) is 55.1 Å². The summed E-state index contributed by atoms with van der Waals surface area (Å²) in [7, 11) is 0. The summed E-state index contributed by atoms with van der Waals surface area (Å²) in [6.07, 6.45) is 6.00. The van der Waals surface area contributed by atoms with Crippen LogP contribution in [0.25, 0.3) is 0 Å². The molecule has 17 heavy (non-hydrogen) atoms. The monoisotopic (exact) mass is 254 g/mol. The molecule has 2 rings (SSSR count). The van der Waals surface area contributed by atoms with Gasteiger partial charge in [0.2, 0.25) is 5.91 Å². The average Bonchev–Trinajstić information content (AvgIpc) is 2.86. The number of carbonyl (C=O) groups excluding carboxylic acids is 1. The Morgan fingerprint density at radius 1 is 1.29 bits per heavy atom. The number of nitrogens with two attached hydrogens (primary N) is 1. The Hall–Kier alpha value is -0.640. The number of amides is 1. The van der Waals surface area contributed by atoms with Crippen molar-refractivity contribution >= 4 is 23.1 Å². The van der Waals surface area contributed by atoms with Crippen molar-refractivity contribution in [3.05, 3.63) is 0 Å². The van der Waals surface area contributed by atoms with Gasteiger partial charge in [-0.1, -0.05) is 45.3 Å². The van der Waals surface area contributed by atoms with Crippen LogP contribution in [-0.2, 0) is 4.79 Å². The third kappa shape index (κ3) is 2.32. The van der Waals surface area contributed by atoms with Gasteiger partial charge in [0.25, 0.3) is 0 Å². The summed E-state index contributed by atoms with van der Waals surface area (Å²) in [5.41, 5.74) is 5.53. The van der Waals surface area contributed by atoms with E-state index in [1.54, 1.807) is 0 Å². The van der Waals surface area contributed by atoms with Gasteiger partial charge in [0.05, 0.1) is 10.4 Å². The molecule has 1 amide bonds. The van der Waals surface area contributed by atoms with Crippen molar-refractivity contribution in [2.45, 2.75) is 58.4 Å². The quantitative estimate of drug-likeness (QED) is 0.759. The van der Waals surface area contributed by atoms with Crippen molar-refractivity contribution < 1.29 is 4.79 Å². The van der Waals surface area contributed by atoms with E-state index in [0.717, 1.165) is 32.1 Å². The number of rotatable bonds is 3. The summed E-state index contributed by atoms with van der Waals surface area (Å²) in [5, 5.41) is 3.13. The lowest BCUT2D eigenvalue weighted by Gasteiger charge is -2.35. The zero-order chi connectivity index (χ0) is 12.7. The molecule has 1 atom stereocenters. The number of nitrogens with one attached hydrogen (secondary N) is 1. The summed E-state index contributed by atoms with van der Waals surface area (Å²) in [4.78, 5) is 12.8. The van der Waals surface area contributed by atoms with Gasteiger partial charge in [0.1, 0.15) is 0 Å². The van der Waals surface area contributed by atoms with Gasteiger partial charge in [-0.05, 0) is 24.7 Å². The Morgan fingerprint density at radius 3 is 2.24 bits per heavy atom. The summed E-state index contributed by atoms with van der Waals surface area (Å²) < 4.78 is 0. The molecule has 96 valence electrons. The molecule has 0 heterocycles. The number of thiocarbonyl (C=S) groups is 1. The zero-order valence-corrected chi connectivity index (χ0v) is 11.5. The number of carbonyl (C=O) groups is 1. The second kappa shape index (κ2) is 4.23. The minimum Gasteiger partial charge on any atom is -0.392 e. The first kappa shape index (κ1) is 12.8. The molecule has 3 N–H and O–H groups in total. The Bertz CT molecular complexity index is 345. The largest absolute Gasteiger partial charge is 0.392 e. The molecular formula is C13H22N2OS. The van der Waals surface area contributed by atoms with Crippen LogP contribution in [0.4, 0.5) is 0 Å². The smallest absolute Gasteiger partial charge is 0.233 e. The van der Waals surface area contributed by atoms with Crippen molar-refractivity contribution in [1.29, 1.82) is 0 Å². The molecule has 2 aliphatic carbocycles. The van der Waals surface area contributed by atoms with Gasteiger partial charge >= 0.3 is 0 Å². The summed E-state index contributed by atoms with van der Waals surface area (Å²) in [6, 6.07) is 0.308. The standard InChI is InChI=1S/C13H22N2OS/c1-12(2)8-9(12)15-11(16)13(10(14)17)6-4-3-5-7-13/h9H,3-8H2,1-2H3,(H2,14,17)(H,15,16). The Balaban J connectivity index is 2.06. The fraction of sp³-hybridized carbons (Fsp3) is 0.846. The maximum atomic E-state index is 12.4. The van der Waals surface area contributed by atoms with E-state index in [-0.39, 0.29) is 11.3 Å². The molecule has 0 spiro atoms. The second-order valence-corrected chi connectivity index (χ2v) is 6.67. The van der Waals surface area contributed by atoms with E-state index >= 15 is 0 Å². The van der Waals surface area contributed by atoms with Crippen LogP contribution in [0.3, 0.4) is 0 Å². The van der Waals surface area contributed by atoms with E-state index in [2.05, 4.69) is 19.2 Å². The van der Waals surface area contributed by atoms with Gasteiger partial charge < -0.3 is 11.1 Å². The normalized spacial score (nSPS) is 29.4. The first-order valence-electron chi connectivity index (χ1n) is 6.49. The lowest BCUT2D eigenvalue weighted by molar-refractivity contribution is -0.129. The van der Waals surface area contributed by atoms with Crippen LogP contribution in [0.2, 0.25) is 0 Å². The van der Waals surface area contributed by atoms with E-state index in [4.69, 9.17) is 18.0 Å². The highest BCUT2D eigenvalue weighted by atomic mass is 32.1. The molecule has 0 saturated heterocycles. The molecule has 0 bridgehead atoms. The predicted molar refractivity (Wildman–Crippen MR) is 72.6 cm³/mol. The van der Waals surface area contributed by atoms with Crippen molar-refractivity contribution in [2.75, 3.05) is 0 Å². The lowest BCUT2D eigenvalue weighted by Crippen LogP contribution is -2.51. The van der Waals surface area contributed by atoms with Crippen LogP contribution in [0.1, 0.15) is 52.4 Å². The van der Waals surface area contributed by atoms with Crippen LogP contribution in [0.15, 0.2) is 0 Å². The Labute approximate surface area is 109 Å². The SMILES string of the molecule is CC1(C)CC1NC(=O)C1(C(N)=S)CCCCC1. The van der Waals surface area contributed by atoms with Crippen LogP contribution < -0.4 is 11.1 Å². The lowest BCUT2D eigenvalue weighted by atomic mass is 9.73. The molecule has 0 radical (unpaired) electrons. The van der Waals surface area contributed by atoms with E-state index < -0.39 is 5.41 Å². The molecule has 4 heteroatoms. The minimum absolute atomic E-state index is 0.0697. The van der Waals surface area contributed by atoms with Crippen molar-refractivity contribution in [2.24, 2.45) is 16.6 Å². The van der Waals surface area contributed by atoms with Gasteiger partial charge in [-0.15, -0.1) is 0 Å². The molecule has 2 aliphatic rings. The molecule has 3 nitrogen and oxygen atoms in total. The average molecular weight is 254 g/mol. The van der Waals surface area contributed by atoms with Gasteiger partial charge in [0.15, 0.2) is 0 Å². The molecule has 1 unspecified atom stereocenters. The third-order valence-electron chi connectivity index (χ3n) is 4.43. The van der Waals surface area contributed by atoms with E-state index in [1.807, 2.05) is 0 Å². The summed E-state index contributed by atoms with van der Waals surface area (Å²) in [5.74, 6) is 0.0697. The molecule has 0 aromatic carbocycles. The van der Waals surface area contributed by atoms with Crippen molar-refractivity contribution in [3.63, 3.8) is 0 Å². The number of hydrogen-bond acceptors (Lipinski definition) is 2. The van der Waals surface area contributed by atoms with Gasteiger partial charge in [-0.25, -0.2) is 0 Å². The minimum atomic E-state index is -0.563. The molecule has 2 saturated carbocycles. The van der Waals surface area contributed by atoms with Crippen LogP contribution >= 0.6 is 12.2 Å². The van der Waals surface area contributed by atoms with E-state index in [0.29, 0.717) is 11.0 Å². The van der Waals surface area contributed by atoms with Crippen LogP contribution in [0, 0.1) is 10.8 Å². The highest BCUT2D eigenvalue weighted by Crippen LogP contribution is 2.46. The van der Waals surface area contributed by atoms with E-state index in [9.17, 15) is 4.79 Å². The highest BCUT2D eigenvalue weighted by molar-refractivity contribution is 7.80. The molecule has 0 aliphatic heterocycles. The Kier molecular flexibility index (Phi) is 3.19. The summed E-state index contributed by atoms with van der Waals surface area (Å²) in [6.45, 7) is 4.35. The van der Waals surface area contributed by atoms with Crippen molar-refractivity contribution in [3.8, 4) is 0 Å². The third-order valence-corrected chi connectivity index (χ3v) is 4.82. The molecule has 2 fully saturated rings. The zero-order valence-electron chi connectivity index (χ0n) is 10.7. The maximum absolute atomic E-state index is 12.4. The van der Waals surface area contributed by atoms with Gasteiger partial charge in [-0.3, -0.25) is 4.79 Å². The van der Waals surface area contributed by atoms with Gasteiger partial charge in [0, 0.05) is 6.04 Å². The predicted octanol–water partition coefficient (Wildman–Crippen LogP) is 2.14. The molecule has 0 aromatic rings. The second-order valence-electron chi connectivity index (χ2n) is 6.23. The van der Waals surface area contributed by atoms with E-state index in [1.165, 1.54) is 6.42 Å². The van der Waals surface area contributed by atoms with Crippen molar-refractivity contribution in [1.82, 2.24) is 5.32 Å². The fourth-order valence-corrected chi connectivity index (χ4v) is 3.05. The fourth-order valence-electron chi connectivity index (χ4n) is 2.75. The van der Waals surface area contributed by atoms with Gasteiger partial charge in [-0.2, -0.15) is 0 Å². The highest BCUT2D eigenvalue weighted by Gasteiger charge is 2.50. The molecule has 0 aromatic heterocycles. The van der Waals surface area contributed by atoms with Crippen LogP contribution in [0.5, 0.6) is 0 Å². The summed E-state index contributed by atoms with van der Waals surface area (Å²) >= 11 is 5.15. The maximum Gasteiger partial charge on any atom is 0.233 e. The Morgan fingerprint density at radius 2 is 1.82 bits per heavy atom.